The number of hydrogen-bond acceptors (Lipinski definition) is 3. The van der Waals surface area contributed by atoms with Crippen LogP contribution >= 0.6 is 0 Å². The number of rotatable bonds is 4. The SMILES string of the molecule is Cc1ccc(CC(=O)N2CCCN(CCN)CC2)cc1. The van der Waals surface area contributed by atoms with E-state index in [4.69, 9.17) is 5.73 Å². The maximum Gasteiger partial charge on any atom is 0.227 e. The van der Waals surface area contributed by atoms with Gasteiger partial charge in [0.1, 0.15) is 0 Å². The molecule has 2 rings (SSSR count). The van der Waals surface area contributed by atoms with Crippen LogP contribution in [0.25, 0.3) is 0 Å². The quantitative estimate of drug-likeness (QED) is 0.893. The minimum atomic E-state index is 0.239. The van der Waals surface area contributed by atoms with E-state index in [-0.39, 0.29) is 5.91 Å². The third-order valence-corrected chi connectivity index (χ3v) is 3.86. The van der Waals surface area contributed by atoms with Crippen LogP contribution in [-0.2, 0) is 11.2 Å². The average Bonchev–Trinajstić information content (AvgIpc) is 2.67. The molecule has 1 saturated heterocycles. The van der Waals surface area contributed by atoms with Gasteiger partial charge < -0.3 is 15.5 Å². The second-order valence-corrected chi connectivity index (χ2v) is 5.53. The van der Waals surface area contributed by atoms with Crippen LogP contribution in [0.1, 0.15) is 17.5 Å². The Bertz CT molecular complexity index is 430. The zero-order valence-electron chi connectivity index (χ0n) is 12.3. The van der Waals surface area contributed by atoms with Crippen molar-refractivity contribution in [1.82, 2.24) is 9.80 Å². The van der Waals surface area contributed by atoms with Gasteiger partial charge in [0.25, 0.3) is 0 Å². The van der Waals surface area contributed by atoms with Crippen molar-refractivity contribution in [2.24, 2.45) is 5.73 Å². The fourth-order valence-electron chi connectivity index (χ4n) is 2.62. The summed E-state index contributed by atoms with van der Waals surface area (Å²) in [5, 5.41) is 0. The highest BCUT2D eigenvalue weighted by Crippen LogP contribution is 2.08. The highest BCUT2D eigenvalue weighted by molar-refractivity contribution is 5.78. The maximum absolute atomic E-state index is 12.4. The van der Waals surface area contributed by atoms with Crippen molar-refractivity contribution < 1.29 is 4.79 Å². The summed E-state index contributed by atoms with van der Waals surface area (Å²) in [5.74, 6) is 0.239. The average molecular weight is 275 g/mol. The maximum atomic E-state index is 12.4. The fourth-order valence-corrected chi connectivity index (χ4v) is 2.62. The van der Waals surface area contributed by atoms with Crippen LogP contribution in [-0.4, -0.2) is 55.0 Å². The first kappa shape index (κ1) is 15.0. The molecule has 1 amide bonds. The molecule has 1 aliphatic rings. The van der Waals surface area contributed by atoms with Gasteiger partial charge in [-0.05, 0) is 25.5 Å². The van der Waals surface area contributed by atoms with Gasteiger partial charge in [-0.2, -0.15) is 0 Å². The molecule has 0 atom stereocenters. The Hall–Kier alpha value is -1.39. The van der Waals surface area contributed by atoms with Gasteiger partial charge >= 0.3 is 0 Å². The highest BCUT2D eigenvalue weighted by atomic mass is 16.2. The Labute approximate surface area is 121 Å². The van der Waals surface area contributed by atoms with Gasteiger partial charge in [-0.15, -0.1) is 0 Å². The minimum Gasteiger partial charge on any atom is -0.341 e. The van der Waals surface area contributed by atoms with Gasteiger partial charge in [0.2, 0.25) is 5.91 Å². The Balaban J connectivity index is 1.87. The molecule has 0 aromatic heterocycles. The molecule has 0 bridgehead atoms. The molecular weight excluding hydrogens is 250 g/mol. The van der Waals surface area contributed by atoms with E-state index < -0.39 is 0 Å². The van der Waals surface area contributed by atoms with Crippen LogP contribution < -0.4 is 5.73 Å². The van der Waals surface area contributed by atoms with Gasteiger partial charge in [0.15, 0.2) is 0 Å². The Morgan fingerprint density at radius 1 is 1.15 bits per heavy atom. The molecule has 1 fully saturated rings. The van der Waals surface area contributed by atoms with Crippen LogP contribution in [0.4, 0.5) is 0 Å². The van der Waals surface area contributed by atoms with E-state index in [1.165, 1.54) is 5.56 Å². The second-order valence-electron chi connectivity index (χ2n) is 5.53. The smallest absolute Gasteiger partial charge is 0.227 e. The molecule has 1 aromatic rings. The molecule has 0 spiro atoms. The summed E-state index contributed by atoms with van der Waals surface area (Å²) in [6.45, 7) is 7.36. The van der Waals surface area contributed by atoms with E-state index in [1.807, 2.05) is 17.0 Å². The zero-order chi connectivity index (χ0) is 14.4. The first-order valence-corrected chi connectivity index (χ1v) is 7.45. The monoisotopic (exact) mass is 275 g/mol. The molecule has 110 valence electrons. The molecule has 1 aliphatic heterocycles. The van der Waals surface area contributed by atoms with Gasteiger partial charge in [0, 0.05) is 32.7 Å². The van der Waals surface area contributed by atoms with Crippen molar-refractivity contribution in [2.45, 2.75) is 19.8 Å². The van der Waals surface area contributed by atoms with Crippen LogP contribution in [0.3, 0.4) is 0 Å². The van der Waals surface area contributed by atoms with E-state index in [2.05, 4.69) is 24.0 Å². The van der Waals surface area contributed by atoms with Gasteiger partial charge in [-0.25, -0.2) is 0 Å². The number of carbonyl (C=O) groups is 1. The van der Waals surface area contributed by atoms with Crippen LogP contribution in [0.15, 0.2) is 24.3 Å². The molecular formula is C16H25N3O. The van der Waals surface area contributed by atoms with Gasteiger partial charge in [0.05, 0.1) is 6.42 Å². The van der Waals surface area contributed by atoms with Crippen molar-refractivity contribution in [3.8, 4) is 0 Å². The second kappa shape index (κ2) is 7.41. The standard InChI is InChI=1S/C16H25N3O/c1-14-3-5-15(6-4-14)13-16(20)19-9-2-8-18(10-7-17)11-12-19/h3-6H,2,7-13,17H2,1H3. The molecule has 4 nitrogen and oxygen atoms in total. The number of carbonyl (C=O) groups excluding carboxylic acids is 1. The normalized spacial score (nSPS) is 17.0. The van der Waals surface area contributed by atoms with Gasteiger partial charge in [-0.1, -0.05) is 29.8 Å². The number of hydrogen-bond donors (Lipinski definition) is 1. The van der Waals surface area contributed by atoms with Crippen LogP contribution in [0, 0.1) is 6.92 Å². The lowest BCUT2D eigenvalue weighted by atomic mass is 10.1. The summed E-state index contributed by atoms with van der Waals surface area (Å²) in [6.07, 6.45) is 1.55. The molecule has 4 heteroatoms. The summed E-state index contributed by atoms with van der Waals surface area (Å²) >= 11 is 0. The number of aryl methyl sites for hydroxylation is 1. The highest BCUT2D eigenvalue weighted by Gasteiger charge is 2.18. The van der Waals surface area contributed by atoms with E-state index in [0.29, 0.717) is 13.0 Å². The van der Waals surface area contributed by atoms with Gasteiger partial charge in [-0.3, -0.25) is 4.79 Å². The molecule has 0 saturated carbocycles. The van der Waals surface area contributed by atoms with E-state index >= 15 is 0 Å². The van der Waals surface area contributed by atoms with Crippen LogP contribution in [0.2, 0.25) is 0 Å². The zero-order valence-corrected chi connectivity index (χ0v) is 12.3. The number of amides is 1. The lowest BCUT2D eigenvalue weighted by Crippen LogP contribution is -2.37. The molecule has 1 heterocycles. The first-order chi connectivity index (χ1) is 9.69. The molecule has 0 radical (unpaired) electrons. The Kier molecular flexibility index (Phi) is 5.56. The van der Waals surface area contributed by atoms with Crippen molar-refractivity contribution in [1.29, 1.82) is 0 Å². The molecule has 1 aromatic carbocycles. The molecule has 0 unspecified atom stereocenters. The third kappa shape index (κ3) is 4.32. The molecule has 20 heavy (non-hydrogen) atoms. The third-order valence-electron chi connectivity index (χ3n) is 3.86. The predicted molar refractivity (Wildman–Crippen MR) is 81.6 cm³/mol. The first-order valence-electron chi connectivity index (χ1n) is 7.45. The fraction of sp³-hybridized carbons (Fsp3) is 0.562. The summed E-state index contributed by atoms with van der Waals surface area (Å²) in [6, 6.07) is 8.22. The molecule has 2 N–H and O–H groups in total. The van der Waals surface area contributed by atoms with E-state index in [1.54, 1.807) is 0 Å². The van der Waals surface area contributed by atoms with E-state index in [9.17, 15) is 4.79 Å². The lowest BCUT2D eigenvalue weighted by Gasteiger charge is -2.21. The molecule has 0 aliphatic carbocycles. The Morgan fingerprint density at radius 2 is 1.90 bits per heavy atom. The Morgan fingerprint density at radius 3 is 2.60 bits per heavy atom. The van der Waals surface area contributed by atoms with Crippen molar-refractivity contribution in [3.63, 3.8) is 0 Å². The van der Waals surface area contributed by atoms with Crippen molar-refractivity contribution in [2.75, 3.05) is 39.3 Å². The predicted octanol–water partition coefficient (Wildman–Crippen LogP) is 1.03. The summed E-state index contributed by atoms with van der Waals surface area (Å²) in [7, 11) is 0. The largest absolute Gasteiger partial charge is 0.341 e. The van der Waals surface area contributed by atoms with Crippen LogP contribution in [0.5, 0.6) is 0 Å². The summed E-state index contributed by atoms with van der Waals surface area (Å²) < 4.78 is 0. The minimum absolute atomic E-state index is 0.239. The summed E-state index contributed by atoms with van der Waals surface area (Å²) in [5.41, 5.74) is 7.93. The number of nitrogens with zero attached hydrogens (tertiary/aromatic N) is 2. The van der Waals surface area contributed by atoms with E-state index in [0.717, 1.165) is 44.7 Å². The topological polar surface area (TPSA) is 49.6 Å². The van der Waals surface area contributed by atoms with Crippen molar-refractivity contribution in [3.05, 3.63) is 35.4 Å². The number of nitrogens with two attached hydrogens (primary N) is 1. The lowest BCUT2D eigenvalue weighted by molar-refractivity contribution is -0.130. The number of benzene rings is 1. The summed E-state index contributed by atoms with van der Waals surface area (Å²) in [4.78, 5) is 16.7. The van der Waals surface area contributed by atoms with Crippen molar-refractivity contribution >= 4 is 5.91 Å².